The first-order valence-corrected chi connectivity index (χ1v) is 6.90. The van der Waals surface area contributed by atoms with Crippen molar-refractivity contribution in [2.75, 3.05) is 6.61 Å². The number of Topliss-reactive ketones (excluding diaryl/α,β-unsaturated/α-hetero) is 1. The van der Waals surface area contributed by atoms with Crippen LogP contribution in [-0.2, 0) is 6.54 Å². The van der Waals surface area contributed by atoms with Crippen LogP contribution in [0.5, 0.6) is 5.75 Å². The number of ether oxygens (including phenoxy) is 1. The highest BCUT2D eigenvalue weighted by atomic mass is 32.1. The minimum atomic E-state index is -0.0179. The quantitative estimate of drug-likeness (QED) is 0.789. The van der Waals surface area contributed by atoms with Crippen LogP contribution in [0, 0.1) is 0 Å². The first kappa shape index (κ1) is 13.5. The molecular formula is C14H15NO3S. The molecule has 0 bridgehead atoms. The minimum Gasteiger partial charge on any atom is -0.494 e. The zero-order valence-corrected chi connectivity index (χ0v) is 11.7. The van der Waals surface area contributed by atoms with Gasteiger partial charge in [0, 0.05) is 22.7 Å². The summed E-state index contributed by atoms with van der Waals surface area (Å²) in [7, 11) is 0. The second kappa shape index (κ2) is 5.84. The third-order valence-electron chi connectivity index (χ3n) is 2.75. The van der Waals surface area contributed by atoms with Gasteiger partial charge in [0.25, 0.3) is 0 Å². The van der Waals surface area contributed by atoms with Crippen molar-refractivity contribution in [2.45, 2.75) is 20.4 Å². The molecule has 2 rings (SSSR count). The number of carbonyl (C=O) groups excluding carboxylic acids is 1. The molecule has 0 unspecified atom stereocenters. The van der Waals surface area contributed by atoms with Crippen LogP contribution in [-0.4, -0.2) is 17.0 Å². The van der Waals surface area contributed by atoms with E-state index in [2.05, 4.69) is 0 Å². The smallest absolute Gasteiger partial charge is 0.307 e. The van der Waals surface area contributed by atoms with Gasteiger partial charge in [0.15, 0.2) is 5.78 Å². The Kier molecular flexibility index (Phi) is 4.16. The maximum atomic E-state index is 11.6. The number of nitrogens with zero attached hydrogens (tertiary/aromatic N) is 1. The number of thiazole rings is 1. The molecule has 1 aromatic carbocycles. The largest absolute Gasteiger partial charge is 0.494 e. The van der Waals surface area contributed by atoms with E-state index in [9.17, 15) is 9.59 Å². The summed E-state index contributed by atoms with van der Waals surface area (Å²) in [5.74, 6) is 0.715. The molecule has 0 amide bonds. The Labute approximate surface area is 115 Å². The fraction of sp³-hybridized carbons (Fsp3) is 0.286. The van der Waals surface area contributed by atoms with Crippen LogP contribution in [0.25, 0.3) is 0 Å². The first-order valence-electron chi connectivity index (χ1n) is 6.02. The van der Waals surface area contributed by atoms with E-state index in [-0.39, 0.29) is 10.7 Å². The summed E-state index contributed by atoms with van der Waals surface area (Å²) < 4.78 is 7.14. The van der Waals surface area contributed by atoms with Gasteiger partial charge in [0.1, 0.15) is 5.75 Å². The van der Waals surface area contributed by atoms with Crippen molar-refractivity contribution >= 4 is 17.1 Å². The summed E-state index contributed by atoms with van der Waals surface area (Å²) in [5, 5.41) is 1.75. The van der Waals surface area contributed by atoms with E-state index < -0.39 is 0 Å². The van der Waals surface area contributed by atoms with Crippen molar-refractivity contribution < 1.29 is 9.53 Å². The Hall–Kier alpha value is -1.88. The van der Waals surface area contributed by atoms with Crippen LogP contribution >= 0.6 is 11.3 Å². The van der Waals surface area contributed by atoms with E-state index in [0.717, 1.165) is 16.9 Å². The van der Waals surface area contributed by atoms with Gasteiger partial charge in [-0.05, 0) is 32.0 Å². The molecule has 19 heavy (non-hydrogen) atoms. The number of aromatic nitrogens is 1. The van der Waals surface area contributed by atoms with Crippen LogP contribution in [0.2, 0.25) is 0 Å². The van der Waals surface area contributed by atoms with Crippen LogP contribution in [0.4, 0.5) is 0 Å². The molecule has 0 saturated carbocycles. The Bertz CT molecular complexity index is 642. The molecular weight excluding hydrogens is 262 g/mol. The number of hydrogen-bond acceptors (Lipinski definition) is 4. The molecule has 5 heteroatoms. The van der Waals surface area contributed by atoms with E-state index in [4.69, 9.17) is 4.74 Å². The van der Waals surface area contributed by atoms with Gasteiger partial charge in [-0.3, -0.25) is 9.59 Å². The van der Waals surface area contributed by atoms with Crippen LogP contribution in [0.1, 0.15) is 29.8 Å². The molecule has 1 heterocycles. The lowest BCUT2D eigenvalue weighted by molar-refractivity contribution is 0.101. The number of benzene rings is 1. The van der Waals surface area contributed by atoms with Gasteiger partial charge in [0.2, 0.25) is 0 Å². The van der Waals surface area contributed by atoms with Gasteiger partial charge in [0.05, 0.1) is 13.2 Å². The van der Waals surface area contributed by atoms with Crippen molar-refractivity contribution in [1.29, 1.82) is 0 Å². The van der Waals surface area contributed by atoms with Gasteiger partial charge >= 0.3 is 4.87 Å². The van der Waals surface area contributed by atoms with E-state index in [1.165, 1.54) is 6.92 Å². The first-order chi connectivity index (χ1) is 9.11. The predicted molar refractivity (Wildman–Crippen MR) is 75.3 cm³/mol. The fourth-order valence-electron chi connectivity index (χ4n) is 1.81. The molecule has 2 aromatic rings. The van der Waals surface area contributed by atoms with Crippen molar-refractivity contribution in [2.24, 2.45) is 0 Å². The fourth-order valence-corrected chi connectivity index (χ4v) is 2.39. The second-order valence-electron chi connectivity index (χ2n) is 4.11. The lowest BCUT2D eigenvalue weighted by Gasteiger charge is -2.11. The molecule has 0 radical (unpaired) electrons. The Morgan fingerprint density at radius 3 is 2.79 bits per heavy atom. The molecule has 4 nitrogen and oxygen atoms in total. The molecule has 0 atom stereocenters. The monoisotopic (exact) mass is 277 g/mol. The average Bonchev–Trinajstić information content (AvgIpc) is 2.77. The molecule has 0 aliphatic rings. The number of carbonyl (C=O) groups is 1. The standard InChI is InChI=1S/C14H15NO3S/c1-3-18-13-5-4-11(10(2)16)8-12(13)9-15-6-7-19-14(15)17/h4-8H,3,9H2,1-2H3. The highest BCUT2D eigenvalue weighted by Crippen LogP contribution is 2.21. The lowest BCUT2D eigenvalue weighted by Crippen LogP contribution is -2.14. The summed E-state index contributed by atoms with van der Waals surface area (Å²) in [5.41, 5.74) is 1.47. The highest BCUT2D eigenvalue weighted by Gasteiger charge is 2.09. The van der Waals surface area contributed by atoms with E-state index >= 15 is 0 Å². The predicted octanol–water partition coefficient (Wildman–Crippen LogP) is 2.56. The molecule has 0 N–H and O–H groups in total. The lowest BCUT2D eigenvalue weighted by atomic mass is 10.1. The second-order valence-corrected chi connectivity index (χ2v) is 4.97. The van der Waals surface area contributed by atoms with E-state index in [1.807, 2.05) is 6.92 Å². The van der Waals surface area contributed by atoms with Gasteiger partial charge in [-0.25, -0.2) is 0 Å². The van der Waals surface area contributed by atoms with Gasteiger partial charge in [-0.1, -0.05) is 11.3 Å². The third kappa shape index (κ3) is 3.12. The van der Waals surface area contributed by atoms with E-state index in [0.29, 0.717) is 24.5 Å². The summed E-state index contributed by atoms with van der Waals surface area (Å²) in [4.78, 5) is 23.0. The number of ketones is 1. The highest BCUT2D eigenvalue weighted by molar-refractivity contribution is 7.07. The molecule has 0 aliphatic carbocycles. The molecule has 0 saturated heterocycles. The van der Waals surface area contributed by atoms with Gasteiger partial charge < -0.3 is 9.30 Å². The van der Waals surface area contributed by atoms with Gasteiger partial charge in [-0.15, -0.1) is 0 Å². The molecule has 100 valence electrons. The van der Waals surface area contributed by atoms with Crippen molar-refractivity contribution in [3.63, 3.8) is 0 Å². The maximum absolute atomic E-state index is 11.6. The van der Waals surface area contributed by atoms with Crippen LogP contribution in [0.3, 0.4) is 0 Å². The molecule has 0 spiro atoms. The normalized spacial score (nSPS) is 10.4. The van der Waals surface area contributed by atoms with Crippen molar-refractivity contribution in [3.8, 4) is 5.75 Å². The molecule has 0 fully saturated rings. The summed E-state index contributed by atoms with van der Waals surface area (Å²) in [6.07, 6.45) is 1.74. The van der Waals surface area contributed by atoms with Crippen molar-refractivity contribution in [3.05, 3.63) is 50.6 Å². The SMILES string of the molecule is CCOc1ccc(C(C)=O)cc1Cn1ccsc1=O. The average molecular weight is 277 g/mol. The van der Waals surface area contributed by atoms with Crippen molar-refractivity contribution in [1.82, 2.24) is 4.57 Å². The van der Waals surface area contributed by atoms with Crippen LogP contribution in [0.15, 0.2) is 34.6 Å². The zero-order chi connectivity index (χ0) is 13.8. The minimum absolute atomic E-state index is 0.00182. The summed E-state index contributed by atoms with van der Waals surface area (Å²) >= 11 is 1.15. The number of hydrogen-bond donors (Lipinski definition) is 0. The topological polar surface area (TPSA) is 48.3 Å². The number of rotatable bonds is 5. The van der Waals surface area contributed by atoms with Crippen LogP contribution < -0.4 is 9.61 Å². The third-order valence-corrected chi connectivity index (χ3v) is 3.45. The maximum Gasteiger partial charge on any atom is 0.307 e. The Balaban J connectivity index is 2.40. The van der Waals surface area contributed by atoms with Gasteiger partial charge in [-0.2, -0.15) is 0 Å². The summed E-state index contributed by atoms with van der Waals surface area (Å²) in [6.45, 7) is 4.39. The summed E-state index contributed by atoms with van der Waals surface area (Å²) in [6, 6.07) is 5.32. The zero-order valence-electron chi connectivity index (χ0n) is 10.9. The van der Waals surface area contributed by atoms with E-state index in [1.54, 1.807) is 34.3 Å². The Morgan fingerprint density at radius 2 is 2.21 bits per heavy atom. The Morgan fingerprint density at radius 1 is 1.42 bits per heavy atom. The molecule has 1 aromatic heterocycles. The molecule has 0 aliphatic heterocycles.